The molecule has 0 saturated heterocycles. The monoisotopic (exact) mass is 331 g/mol. The van der Waals surface area contributed by atoms with Gasteiger partial charge in [0, 0.05) is 48.2 Å². The number of hydrogen-bond acceptors (Lipinski definition) is 3. The summed E-state index contributed by atoms with van der Waals surface area (Å²) >= 11 is 0. The number of para-hydroxylation sites is 1. The van der Waals surface area contributed by atoms with E-state index in [9.17, 15) is 4.79 Å². The van der Waals surface area contributed by atoms with Crippen molar-refractivity contribution in [1.82, 2.24) is 19.7 Å². The Labute approximate surface area is 144 Å². The molecule has 0 unspecified atom stereocenters. The maximum Gasteiger partial charge on any atom is 0.230 e. The fourth-order valence-corrected chi connectivity index (χ4v) is 2.88. The van der Waals surface area contributed by atoms with Crippen LogP contribution in [0.2, 0.25) is 0 Å². The van der Waals surface area contributed by atoms with E-state index in [2.05, 4.69) is 20.4 Å². The minimum Gasteiger partial charge on any atom is -0.361 e. The fourth-order valence-electron chi connectivity index (χ4n) is 2.88. The Morgan fingerprint density at radius 3 is 2.96 bits per heavy atom. The molecule has 0 aliphatic heterocycles. The van der Waals surface area contributed by atoms with E-state index in [1.165, 1.54) is 0 Å². The Morgan fingerprint density at radius 1 is 1.24 bits per heavy atom. The number of aromatic nitrogens is 4. The summed E-state index contributed by atoms with van der Waals surface area (Å²) in [4.78, 5) is 19.7. The molecule has 25 heavy (non-hydrogen) atoms. The van der Waals surface area contributed by atoms with Crippen LogP contribution in [0.3, 0.4) is 0 Å². The van der Waals surface area contributed by atoms with E-state index in [0.717, 1.165) is 27.7 Å². The third-order valence-corrected chi connectivity index (χ3v) is 4.13. The molecule has 0 bridgehead atoms. The smallest absolute Gasteiger partial charge is 0.230 e. The number of aromatic amines is 1. The minimum absolute atomic E-state index is 0.0783. The first-order valence-corrected chi connectivity index (χ1v) is 8.00. The summed E-state index contributed by atoms with van der Waals surface area (Å²) in [5.74, 6) is 0.578. The summed E-state index contributed by atoms with van der Waals surface area (Å²) in [6.45, 7) is 0. The largest absolute Gasteiger partial charge is 0.361 e. The van der Waals surface area contributed by atoms with Gasteiger partial charge >= 0.3 is 0 Å². The van der Waals surface area contributed by atoms with Gasteiger partial charge in [0.05, 0.1) is 12.1 Å². The van der Waals surface area contributed by atoms with Crippen LogP contribution < -0.4 is 5.32 Å². The predicted molar refractivity (Wildman–Crippen MR) is 97.1 cm³/mol. The molecule has 6 heteroatoms. The first-order chi connectivity index (χ1) is 12.2. The average molecular weight is 331 g/mol. The van der Waals surface area contributed by atoms with Gasteiger partial charge in [-0.25, -0.2) is 0 Å². The van der Waals surface area contributed by atoms with Crippen LogP contribution in [0.25, 0.3) is 22.2 Å². The summed E-state index contributed by atoms with van der Waals surface area (Å²) in [6.07, 6.45) is 5.65. The van der Waals surface area contributed by atoms with Crippen molar-refractivity contribution >= 4 is 22.6 Å². The van der Waals surface area contributed by atoms with Crippen molar-refractivity contribution in [3.63, 3.8) is 0 Å². The van der Waals surface area contributed by atoms with Crippen LogP contribution in [0.1, 0.15) is 5.56 Å². The van der Waals surface area contributed by atoms with Crippen molar-refractivity contribution in [1.29, 1.82) is 0 Å². The van der Waals surface area contributed by atoms with Gasteiger partial charge in [-0.2, -0.15) is 5.10 Å². The van der Waals surface area contributed by atoms with E-state index in [4.69, 9.17) is 0 Å². The number of nitrogens with one attached hydrogen (secondary N) is 2. The minimum atomic E-state index is -0.0783. The number of carbonyl (C=O) groups excluding carboxylic acids is 1. The topological polar surface area (TPSA) is 75.6 Å². The van der Waals surface area contributed by atoms with E-state index >= 15 is 0 Å². The number of anilines is 1. The summed E-state index contributed by atoms with van der Waals surface area (Å²) in [5, 5.41) is 8.44. The highest BCUT2D eigenvalue weighted by atomic mass is 16.1. The molecule has 6 nitrogen and oxygen atoms in total. The van der Waals surface area contributed by atoms with Crippen LogP contribution in [-0.4, -0.2) is 25.7 Å². The van der Waals surface area contributed by atoms with E-state index < -0.39 is 0 Å². The van der Waals surface area contributed by atoms with Gasteiger partial charge in [-0.1, -0.05) is 18.2 Å². The number of aryl methyl sites for hydroxylation is 1. The first kappa shape index (κ1) is 15.1. The van der Waals surface area contributed by atoms with Gasteiger partial charge in [-0.3, -0.25) is 14.5 Å². The Hall–Kier alpha value is -3.41. The summed E-state index contributed by atoms with van der Waals surface area (Å²) in [5.41, 5.74) is 3.70. The molecule has 3 heterocycles. The molecule has 0 fully saturated rings. The second-order valence-electron chi connectivity index (χ2n) is 5.86. The normalized spacial score (nSPS) is 10.9. The molecular weight excluding hydrogens is 314 g/mol. The SMILES string of the molecule is Cn1nc(-c2cccnc2)cc1NC(=O)Cc1c[nH]c2ccccc12. The molecule has 0 atom stereocenters. The maximum atomic E-state index is 12.4. The quantitative estimate of drug-likeness (QED) is 0.603. The van der Waals surface area contributed by atoms with Crippen LogP contribution in [-0.2, 0) is 18.3 Å². The molecule has 0 spiro atoms. The van der Waals surface area contributed by atoms with Crippen molar-refractivity contribution in [3.05, 3.63) is 66.6 Å². The molecule has 3 aromatic heterocycles. The van der Waals surface area contributed by atoms with Crippen molar-refractivity contribution < 1.29 is 4.79 Å². The maximum absolute atomic E-state index is 12.4. The molecule has 4 aromatic rings. The zero-order valence-corrected chi connectivity index (χ0v) is 13.7. The Bertz CT molecular complexity index is 1030. The number of carbonyl (C=O) groups is 1. The van der Waals surface area contributed by atoms with Crippen LogP contribution in [0.5, 0.6) is 0 Å². The lowest BCUT2D eigenvalue weighted by atomic mass is 10.1. The zero-order valence-electron chi connectivity index (χ0n) is 13.7. The van der Waals surface area contributed by atoms with Gasteiger partial charge in [0.2, 0.25) is 5.91 Å². The lowest BCUT2D eigenvalue weighted by Gasteiger charge is -2.04. The summed E-state index contributed by atoms with van der Waals surface area (Å²) in [6, 6.07) is 13.6. The third-order valence-electron chi connectivity index (χ3n) is 4.13. The van der Waals surface area contributed by atoms with E-state index in [1.807, 2.05) is 48.7 Å². The predicted octanol–water partition coefficient (Wildman–Crippen LogP) is 3.14. The molecule has 0 saturated carbocycles. The second kappa shape index (κ2) is 6.24. The number of fused-ring (bicyclic) bond motifs is 1. The number of benzene rings is 1. The molecule has 4 rings (SSSR count). The first-order valence-electron chi connectivity index (χ1n) is 8.00. The van der Waals surface area contributed by atoms with Crippen molar-refractivity contribution in [2.75, 3.05) is 5.32 Å². The Kier molecular flexibility index (Phi) is 3.78. The van der Waals surface area contributed by atoms with Gasteiger partial charge in [-0.15, -0.1) is 0 Å². The number of nitrogens with zero attached hydrogens (tertiary/aromatic N) is 3. The lowest BCUT2D eigenvalue weighted by molar-refractivity contribution is -0.115. The number of H-pyrrole nitrogens is 1. The van der Waals surface area contributed by atoms with Gasteiger partial charge < -0.3 is 10.3 Å². The molecule has 0 aliphatic rings. The number of pyridine rings is 1. The summed E-state index contributed by atoms with van der Waals surface area (Å²) < 4.78 is 1.66. The van der Waals surface area contributed by atoms with Gasteiger partial charge in [-0.05, 0) is 23.8 Å². The van der Waals surface area contributed by atoms with Crippen molar-refractivity contribution in [2.45, 2.75) is 6.42 Å². The van der Waals surface area contributed by atoms with Crippen LogP contribution >= 0.6 is 0 Å². The second-order valence-corrected chi connectivity index (χ2v) is 5.86. The summed E-state index contributed by atoms with van der Waals surface area (Å²) in [7, 11) is 1.81. The number of rotatable bonds is 4. The van der Waals surface area contributed by atoms with Gasteiger partial charge in [0.1, 0.15) is 5.82 Å². The van der Waals surface area contributed by atoms with E-state index in [0.29, 0.717) is 12.2 Å². The van der Waals surface area contributed by atoms with Crippen molar-refractivity contribution in [3.8, 4) is 11.3 Å². The highest BCUT2D eigenvalue weighted by molar-refractivity contribution is 5.95. The molecule has 0 radical (unpaired) electrons. The number of hydrogen-bond donors (Lipinski definition) is 2. The van der Waals surface area contributed by atoms with E-state index in [-0.39, 0.29) is 5.91 Å². The molecular formula is C19H17N5O. The molecule has 1 amide bonds. The molecule has 124 valence electrons. The molecule has 2 N–H and O–H groups in total. The Balaban J connectivity index is 1.52. The van der Waals surface area contributed by atoms with Gasteiger partial charge in [0.25, 0.3) is 0 Å². The van der Waals surface area contributed by atoms with E-state index in [1.54, 1.807) is 24.1 Å². The number of amides is 1. The standard InChI is InChI=1S/C19H17N5O/c1-24-18(10-17(23-24)13-5-4-8-20-11-13)22-19(25)9-14-12-21-16-7-3-2-6-15(14)16/h2-8,10-12,21H,9H2,1H3,(H,22,25). The third kappa shape index (κ3) is 3.01. The molecule has 1 aromatic carbocycles. The lowest BCUT2D eigenvalue weighted by Crippen LogP contribution is -2.16. The molecule has 0 aliphatic carbocycles. The van der Waals surface area contributed by atoms with Crippen LogP contribution in [0.4, 0.5) is 5.82 Å². The van der Waals surface area contributed by atoms with Crippen molar-refractivity contribution in [2.24, 2.45) is 7.05 Å². The average Bonchev–Trinajstić information content (AvgIpc) is 3.20. The highest BCUT2D eigenvalue weighted by Crippen LogP contribution is 2.21. The fraction of sp³-hybridized carbons (Fsp3) is 0.105. The Morgan fingerprint density at radius 2 is 2.12 bits per heavy atom. The zero-order chi connectivity index (χ0) is 17.2. The van der Waals surface area contributed by atoms with Crippen LogP contribution in [0.15, 0.2) is 61.1 Å². The highest BCUT2D eigenvalue weighted by Gasteiger charge is 2.12. The van der Waals surface area contributed by atoms with Gasteiger partial charge in [0.15, 0.2) is 0 Å². The van der Waals surface area contributed by atoms with Crippen LogP contribution in [0, 0.1) is 0 Å².